The average Bonchev–Trinajstić information content (AvgIpc) is 3.69. The number of hydrogen-bond acceptors (Lipinski definition) is 6. The van der Waals surface area contributed by atoms with Gasteiger partial charge in [-0.15, -0.1) is 16.7 Å². The van der Waals surface area contributed by atoms with Crippen LogP contribution in [0.15, 0.2) is 112 Å². The zero-order chi connectivity index (χ0) is 34.9. The van der Waals surface area contributed by atoms with Gasteiger partial charge in [0, 0.05) is 27.9 Å². The summed E-state index contributed by atoms with van der Waals surface area (Å²) in [6.45, 7) is 2.19. The number of halogens is 3. The smallest absolute Gasteiger partial charge is 0.299 e. The van der Waals surface area contributed by atoms with Gasteiger partial charge in [0.2, 0.25) is 0 Å². The molecule has 1 aliphatic heterocycles. The van der Waals surface area contributed by atoms with Crippen molar-refractivity contribution in [3.8, 4) is 5.75 Å². The maximum Gasteiger partial charge on any atom is 0.299 e. The van der Waals surface area contributed by atoms with Gasteiger partial charge >= 0.3 is 0 Å². The Morgan fingerprint density at radius 1 is 0.800 bits per heavy atom. The van der Waals surface area contributed by atoms with Crippen LogP contribution in [0, 0.1) is 0 Å². The number of aryl methyl sites for hydroxylation is 1. The molecule has 0 radical (unpaired) electrons. The Morgan fingerprint density at radius 2 is 1.48 bits per heavy atom. The lowest BCUT2D eigenvalue weighted by Gasteiger charge is -2.17. The molecule has 8 nitrogen and oxygen atoms in total. The van der Waals surface area contributed by atoms with Crippen LogP contribution in [-0.4, -0.2) is 52.3 Å². The van der Waals surface area contributed by atoms with E-state index in [0.717, 1.165) is 51.0 Å². The highest BCUT2D eigenvalue weighted by molar-refractivity contribution is 9.11. The molecule has 6 rings (SSSR count). The van der Waals surface area contributed by atoms with E-state index in [1.54, 1.807) is 15.6 Å². The number of aromatic nitrogens is 3. The summed E-state index contributed by atoms with van der Waals surface area (Å²) in [6, 6.07) is 32.5. The predicted octanol–water partition coefficient (Wildman–Crippen LogP) is 9.00. The topological polar surface area (TPSA) is 86.6 Å². The summed E-state index contributed by atoms with van der Waals surface area (Å²) < 4.78 is 15.0. The van der Waals surface area contributed by atoms with E-state index < -0.39 is 11.7 Å². The molecule has 0 N–H and O–H groups in total. The van der Waals surface area contributed by atoms with E-state index in [4.69, 9.17) is 21.1 Å². The van der Waals surface area contributed by atoms with Crippen LogP contribution in [0.3, 0.4) is 0 Å². The molecule has 256 valence electrons. The fraction of sp³-hybridized carbons (Fsp3) is 0.231. The van der Waals surface area contributed by atoms with E-state index in [-0.39, 0.29) is 0 Å². The molecule has 4 aromatic carbocycles. The van der Waals surface area contributed by atoms with E-state index in [2.05, 4.69) is 103 Å². The molecule has 1 amide bonds. The summed E-state index contributed by atoms with van der Waals surface area (Å²) in [6.07, 6.45) is 4.08. The van der Waals surface area contributed by atoms with E-state index in [1.807, 2.05) is 36.5 Å². The molecule has 0 saturated carbocycles. The minimum Gasteiger partial charge on any atom is -0.491 e. The lowest BCUT2D eigenvalue weighted by Crippen LogP contribution is -2.31. The predicted molar refractivity (Wildman–Crippen MR) is 204 cm³/mol. The van der Waals surface area contributed by atoms with Crippen molar-refractivity contribution < 1.29 is 19.1 Å². The normalized spacial score (nSPS) is 13.1. The van der Waals surface area contributed by atoms with Crippen molar-refractivity contribution in [3.63, 3.8) is 0 Å². The van der Waals surface area contributed by atoms with E-state index >= 15 is 0 Å². The fourth-order valence-corrected chi connectivity index (χ4v) is 7.63. The Kier molecular flexibility index (Phi) is 12.3. The largest absolute Gasteiger partial charge is 0.491 e. The second-order valence-corrected chi connectivity index (χ2v) is 13.8. The molecule has 50 heavy (non-hydrogen) atoms. The molecular weight excluding hydrogens is 784 g/mol. The van der Waals surface area contributed by atoms with Crippen molar-refractivity contribution in [3.05, 3.63) is 140 Å². The van der Waals surface area contributed by atoms with Crippen LogP contribution in [0.2, 0.25) is 0 Å². The van der Waals surface area contributed by atoms with Crippen LogP contribution in [0.1, 0.15) is 52.0 Å². The minimum atomic E-state index is -0.495. The average molecular weight is 819 g/mol. The van der Waals surface area contributed by atoms with Crippen molar-refractivity contribution in [2.24, 2.45) is 0 Å². The van der Waals surface area contributed by atoms with Crippen LogP contribution in [0.4, 0.5) is 5.69 Å². The highest BCUT2D eigenvalue weighted by atomic mass is 79.9. The first-order chi connectivity index (χ1) is 24.4. The standard InChI is InChI=1S/C39H35Br2ClN4O4/c40-30-23-34-37(35(41)24-30)46(39(48)38(34)47)20-8-7-19-45-25-31(43-44-45)26-49-21-22-50-32-15-13-29(14-16-32)36(28-11-5-2-6-12-28)33(17-18-42)27-9-3-1-4-10-27/h1-6,9-16,23-25H,7-8,17-22,26H2/b36-33-. The Bertz CT molecular complexity index is 1970. The number of fused-ring (bicyclic) bond motifs is 1. The maximum absolute atomic E-state index is 12.6. The number of ketones is 1. The van der Waals surface area contributed by atoms with Gasteiger partial charge in [-0.05, 0) is 87.3 Å². The number of nitrogens with zero attached hydrogens (tertiary/aromatic N) is 4. The minimum absolute atomic E-state index is 0.321. The number of Topliss-reactive ketones (excluding diaryl/α,β-unsaturated/α-hetero) is 1. The molecule has 0 atom stereocenters. The third-order valence-corrected chi connectivity index (χ3v) is 9.56. The number of amides is 1. The number of carbonyl (C=O) groups excluding carboxylic acids is 2. The first-order valence-electron chi connectivity index (χ1n) is 16.4. The van der Waals surface area contributed by atoms with Gasteiger partial charge in [-0.1, -0.05) is 93.9 Å². The lowest BCUT2D eigenvalue weighted by molar-refractivity contribution is -0.114. The number of alkyl halides is 1. The lowest BCUT2D eigenvalue weighted by atomic mass is 9.88. The Morgan fingerprint density at radius 3 is 2.20 bits per heavy atom. The van der Waals surface area contributed by atoms with E-state index in [9.17, 15) is 9.59 Å². The van der Waals surface area contributed by atoms with E-state index in [0.29, 0.717) is 60.9 Å². The van der Waals surface area contributed by atoms with Crippen molar-refractivity contribution >= 4 is 72.0 Å². The molecular formula is C39H35Br2ClN4O4. The number of unbranched alkanes of at least 4 members (excludes halogenated alkanes) is 1. The van der Waals surface area contributed by atoms with Crippen molar-refractivity contribution in [2.75, 3.05) is 30.5 Å². The molecule has 2 heterocycles. The van der Waals surface area contributed by atoms with Gasteiger partial charge in [0.15, 0.2) is 0 Å². The molecule has 11 heteroatoms. The van der Waals surface area contributed by atoms with Crippen molar-refractivity contribution in [1.82, 2.24) is 15.0 Å². The number of carbonyl (C=O) groups is 2. The maximum atomic E-state index is 12.6. The van der Waals surface area contributed by atoms with E-state index in [1.165, 1.54) is 5.57 Å². The summed E-state index contributed by atoms with van der Waals surface area (Å²) in [7, 11) is 0. The molecule has 0 fully saturated rings. The van der Waals surface area contributed by atoms with Crippen LogP contribution in [0.25, 0.3) is 11.1 Å². The monoisotopic (exact) mass is 816 g/mol. The van der Waals surface area contributed by atoms with Gasteiger partial charge in [-0.2, -0.15) is 0 Å². The number of benzene rings is 4. The fourth-order valence-electron chi connectivity index (χ4n) is 6.00. The Labute approximate surface area is 313 Å². The molecule has 0 saturated heterocycles. The molecule has 0 spiro atoms. The third-order valence-electron chi connectivity index (χ3n) is 8.31. The summed E-state index contributed by atoms with van der Waals surface area (Å²) in [5.41, 5.74) is 7.53. The third kappa shape index (κ3) is 8.61. The Hall–Kier alpha value is -4.09. The number of ether oxygens (including phenoxy) is 2. The van der Waals surface area contributed by atoms with Crippen LogP contribution in [-0.2, 0) is 22.7 Å². The van der Waals surface area contributed by atoms with Crippen LogP contribution >= 0.6 is 43.5 Å². The molecule has 0 unspecified atom stereocenters. The molecule has 0 aliphatic carbocycles. The molecule has 5 aromatic rings. The van der Waals surface area contributed by atoms with Gasteiger partial charge in [0.1, 0.15) is 18.1 Å². The van der Waals surface area contributed by atoms with Crippen molar-refractivity contribution in [1.29, 1.82) is 0 Å². The summed E-state index contributed by atoms with van der Waals surface area (Å²) >= 11 is 13.2. The first kappa shape index (κ1) is 35.7. The van der Waals surface area contributed by atoms with Gasteiger partial charge in [0.25, 0.3) is 11.7 Å². The second kappa shape index (κ2) is 17.2. The number of rotatable bonds is 16. The highest BCUT2D eigenvalue weighted by Gasteiger charge is 2.37. The van der Waals surface area contributed by atoms with Gasteiger partial charge < -0.3 is 14.4 Å². The number of anilines is 1. The zero-order valence-electron chi connectivity index (χ0n) is 27.2. The zero-order valence-corrected chi connectivity index (χ0v) is 31.2. The molecule has 0 bridgehead atoms. The highest BCUT2D eigenvalue weighted by Crippen LogP contribution is 2.39. The molecule has 1 aliphatic rings. The quantitative estimate of drug-likeness (QED) is 0.0428. The number of hydrogen-bond donors (Lipinski definition) is 0. The summed E-state index contributed by atoms with van der Waals surface area (Å²) in [5.74, 6) is 0.312. The molecule has 1 aromatic heterocycles. The number of allylic oxidation sites excluding steroid dienone is 1. The van der Waals surface area contributed by atoms with Crippen LogP contribution < -0.4 is 9.64 Å². The summed E-state index contributed by atoms with van der Waals surface area (Å²) in [4.78, 5) is 26.6. The Balaban J connectivity index is 0.965. The van der Waals surface area contributed by atoms with Crippen LogP contribution in [0.5, 0.6) is 5.75 Å². The van der Waals surface area contributed by atoms with Gasteiger partial charge in [-0.3, -0.25) is 14.3 Å². The van der Waals surface area contributed by atoms with Crippen molar-refractivity contribution in [2.45, 2.75) is 32.4 Å². The second-order valence-electron chi connectivity index (χ2n) is 11.7. The SMILES string of the molecule is O=C1C(=O)N(CCCCn2cc(COCCOc3ccc(/C(=C(/CCCl)c4ccccc4)c4ccccc4)cc3)nn2)c2c(Br)cc(Br)cc21. The first-order valence-corrected chi connectivity index (χ1v) is 18.5. The van der Waals surface area contributed by atoms with Gasteiger partial charge in [0.05, 0.1) is 30.7 Å². The van der Waals surface area contributed by atoms with Gasteiger partial charge in [-0.25, -0.2) is 0 Å². The summed E-state index contributed by atoms with van der Waals surface area (Å²) in [5, 5.41) is 8.42.